The molecule has 0 saturated carbocycles. The average molecular weight is 376 g/mol. The smallest absolute Gasteiger partial charge is 0.191 e. The third-order valence-electron chi connectivity index (χ3n) is 2.99. The maximum atomic E-state index is 11.1. The largest absolute Gasteiger partial charge is 0.489 e. The number of ether oxygens (including phenoxy) is 1. The van der Waals surface area contributed by atoms with Crippen LogP contribution in [-0.2, 0) is 9.84 Å². The van der Waals surface area contributed by atoms with Gasteiger partial charge in [-0.25, -0.2) is 13.4 Å². The monoisotopic (exact) mass is 375 g/mol. The minimum Gasteiger partial charge on any atom is -0.489 e. The predicted octanol–water partition coefficient (Wildman–Crippen LogP) is 2.10. The highest BCUT2D eigenvalue weighted by molar-refractivity contribution is 7.90. The van der Waals surface area contributed by atoms with Gasteiger partial charge in [0.25, 0.3) is 0 Å². The van der Waals surface area contributed by atoms with Gasteiger partial charge in [-0.05, 0) is 44.5 Å². The van der Waals surface area contributed by atoms with Gasteiger partial charge in [0.05, 0.1) is 12.3 Å². The molecule has 24 heavy (non-hydrogen) atoms. The molecule has 0 aromatic heterocycles. The van der Waals surface area contributed by atoms with Crippen LogP contribution in [0.4, 0.5) is 0 Å². The van der Waals surface area contributed by atoms with Crippen molar-refractivity contribution in [1.82, 2.24) is 10.6 Å². The maximum Gasteiger partial charge on any atom is 0.191 e. The SMILES string of the molecule is CCNC(=NCC(C)Oc1ccc(Cl)cc1)NCCCS(C)(=O)=O. The molecule has 1 atom stereocenters. The molecule has 0 aliphatic heterocycles. The van der Waals surface area contributed by atoms with Crippen LogP contribution in [0.2, 0.25) is 5.02 Å². The van der Waals surface area contributed by atoms with Crippen LogP contribution in [0.5, 0.6) is 5.75 Å². The normalized spacial score (nSPS) is 13.4. The van der Waals surface area contributed by atoms with E-state index in [0.717, 1.165) is 12.3 Å². The van der Waals surface area contributed by atoms with Gasteiger partial charge in [0, 0.05) is 24.4 Å². The van der Waals surface area contributed by atoms with Gasteiger partial charge in [-0.15, -0.1) is 0 Å². The van der Waals surface area contributed by atoms with E-state index in [1.807, 2.05) is 26.0 Å². The summed E-state index contributed by atoms with van der Waals surface area (Å²) in [6.07, 6.45) is 1.68. The summed E-state index contributed by atoms with van der Waals surface area (Å²) in [4.78, 5) is 4.46. The molecule has 1 unspecified atom stereocenters. The summed E-state index contributed by atoms with van der Waals surface area (Å²) in [5.41, 5.74) is 0. The van der Waals surface area contributed by atoms with E-state index in [1.165, 1.54) is 6.26 Å². The van der Waals surface area contributed by atoms with E-state index in [9.17, 15) is 8.42 Å². The minimum atomic E-state index is -2.93. The lowest BCUT2D eigenvalue weighted by molar-refractivity contribution is 0.230. The van der Waals surface area contributed by atoms with Crippen LogP contribution >= 0.6 is 11.6 Å². The number of benzene rings is 1. The fraction of sp³-hybridized carbons (Fsp3) is 0.562. The van der Waals surface area contributed by atoms with Crippen molar-refractivity contribution in [3.05, 3.63) is 29.3 Å². The number of nitrogens with one attached hydrogen (secondary N) is 2. The average Bonchev–Trinajstić information content (AvgIpc) is 2.50. The lowest BCUT2D eigenvalue weighted by Gasteiger charge is -2.15. The zero-order valence-corrected chi connectivity index (χ0v) is 16.0. The van der Waals surface area contributed by atoms with E-state index in [4.69, 9.17) is 16.3 Å². The van der Waals surface area contributed by atoms with E-state index in [0.29, 0.717) is 30.5 Å². The Kier molecular flexibility index (Phi) is 8.92. The summed E-state index contributed by atoms with van der Waals surface area (Å²) in [6.45, 7) is 5.66. The molecule has 8 heteroatoms. The molecule has 0 fully saturated rings. The number of rotatable bonds is 9. The second-order valence-corrected chi connectivity index (χ2v) is 8.21. The van der Waals surface area contributed by atoms with Crippen LogP contribution in [0.25, 0.3) is 0 Å². The number of hydrogen-bond acceptors (Lipinski definition) is 4. The second kappa shape index (κ2) is 10.4. The van der Waals surface area contributed by atoms with Gasteiger partial charge < -0.3 is 15.4 Å². The third-order valence-corrected chi connectivity index (χ3v) is 4.27. The first kappa shape index (κ1) is 20.6. The molecule has 0 spiro atoms. The Balaban J connectivity index is 2.44. The van der Waals surface area contributed by atoms with Crippen molar-refractivity contribution in [2.24, 2.45) is 4.99 Å². The quantitative estimate of drug-likeness (QED) is 0.392. The molecular formula is C16H26ClN3O3S. The van der Waals surface area contributed by atoms with E-state index in [-0.39, 0.29) is 11.9 Å². The summed E-state index contributed by atoms with van der Waals surface area (Å²) in [6, 6.07) is 7.19. The highest BCUT2D eigenvalue weighted by atomic mass is 35.5. The van der Waals surface area contributed by atoms with Gasteiger partial charge in [0.2, 0.25) is 0 Å². The topological polar surface area (TPSA) is 79.8 Å². The minimum absolute atomic E-state index is 0.0994. The van der Waals surface area contributed by atoms with Crippen molar-refractivity contribution >= 4 is 27.4 Å². The molecule has 0 aliphatic rings. The molecule has 136 valence electrons. The van der Waals surface area contributed by atoms with Gasteiger partial charge in [-0.3, -0.25) is 0 Å². The highest BCUT2D eigenvalue weighted by Gasteiger charge is 2.06. The van der Waals surface area contributed by atoms with Gasteiger partial charge >= 0.3 is 0 Å². The van der Waals surface area contributed by atoms with E-state index < -0.39 is 9.84 Å². The van der Waals surface area contributed by atoms with Crippen LogP contribution in [0.1, 0.15) is 20.3 Å². The molecular weight excluding hydrogens is 350 g/mol. The highest BCUT2D eigenvalue weighted by Crippen LogP contribution is 2.16. The number of hydrogen-bond donors (Lipinski definition) is 2. The Morgan fingerprint density at radius 2 is 1.96 bits per heavy atom. The van der Waals surface area contributed by atoms with E-state index in [2.05, 4.69) is 15.6 Å². The summed E-state index contributed by atoms with van der Waals surface area (Å²) >= 11 is 5.84. The summed E-state index contributed by atoms with van der Waals surface area (Å²) in [5.74, 6) is 1.56. The fourth-order valence-electron chi connectivity index (χ4n) is 1.89. The summed E-state index contributed by atoms with van der Waals surface area (Å²) in [7, 11) is -2.93. The molecule has 1 rings (SSSR count). The molecule has 0 bridgehead atoms. The first-order chi connectivity index (χ1) is 11.3. The molecule has 0 aliphatic carbocycles. The Morgan fingerprint density at radius 3 is 2.54 bits per heavy atom. The number of halogens is 1. The molecule has 0 heterocycles. The molecule has 0 amide bonds. The van der Waals surface area contributed by atoms with Crippen LogP contribution in [-0.4, -0.2) is 52.1 Å². The van der Waals surface area contributed by atoms with Gasteiger partial charge in [-0.2, -0.15) is 0 Å². The van der Waals surface area contributed by atoms with E-state index in [1.54, 1.807) is 12.1 Å². The van der Waals surface area contributed by atoms with Crippen LogP contribution in [0, 0.1) is 0 Å². The van der Waals surface area contributed by atoms with E-state index >= 15 is 0 Å². The number of sulfone groups is 1. The van der Waals surface area contributed by atoms with Crippen molar-refractivity contribution < 1.29 is 13.2 Å². The molecule has 0 radical (unpaired) electrons. The molecule has 6 nitrogen and oxygen atoms in total. The number of aliphatic imine (C=N–C) groups is 1. The lowest BCUT2D eigenvalue weighted by Crippen LogP contribution is -2.39. The Hall–Kier alpha value is -1.47. The second-order valence-electron chi connectivity index (χ2n) is 5.51. The first-order valence-electron chi connectivity index (χ1n) is 7.92. The number of guanidine groups is 1. The Labute approximate surface area is 149 Å². The van der Waals surface area contributed by atoms with Gasteiger partial charge in [0.1, 0.15) is 21.7 Å². The molecule has 2 N–H and O–H groups in total. The van der Waals surface area contributed by atoms with Gasteiger partial charge in [-0.1, -0.05) is 11.6 Å². The molecule has 1 aromatic carbocycles. The number of nitrogens with zero attached hydrogens (tertiary/aromatic N) is 1. The van der Waals surface area contributed by atoms with Crippen molar-refractivity contribution in [3.63, 3.8) is 0 Å². The van der Waals surface area contributed by atoms with Crippen molar-refractivity contribution in [1.29, 1.82) is 0 Å². The van der Waals surface area contributed by atoms with Crippen molar-refractivity contribution in [3.8, 4) is 5.75 Å². The summed E-state index contributed by atoms with van der Waals surface area (Å²) in [5, 5.41) is 6.91. The standard InChI is InChI=1S/C16H26ClN3O3S/c1-4-18-16(19-10-5-11-24(3,21)22)20-12-13(2)23-15-8-6-14(17)7-9-15/h6-9,13H,4-5,10-12H2,1-3H3,(H2,18,19,20). The van der Waals surface area contributed by atoms with Gasteiger partial charge in [0.15, 0.2) is 5.96 Å². The fourth-order valence-corrected chi connectivity index (χ4v) is 2.68. The summed E-state index contributed by atoms with van der Waals surface area (Å²) < 4.78 is 28.0. The predicted molar refractivity (Wildman–Crippen MR) is 99.9 cm³/mol. The zero-order chi connectivity index (χ0) is 18.0. The molecule has 0 saturated heterocycles. The Morgan fingerprint density at radius 1 is 1.29 bits per heavy atom. The van der Waals surface area contributed by atoms with Crippen LogP contribution in [0.3, 0.4) is 0 Å². The van der Waals surface area contributed by atoms with Crippen LogP contribution < -0.4 is 15.4 Å². The lowest BCUT2D eigenvalue weighted by atomic mass is 10.3. The first-order valence-corrected chi connectivity index (χ1v) is 10.4. The molecule has 1 aromatic rings. The zero-order valence-electron chi connectivity index (χ0n) is 14.4. The van der Waals surface area contributed by atoms with Crippen molar-refractivity contribution in [2.75, 3.05) is 31.6 Å². The van der Waals surface area contributed by atoms with Crippen LogP contribution in [0.15, 0.2) is 29.3 Å². The third kappa shape index (κ3) is 9.62. The maximum absolute atomic E-state index is 11.1. The Bertz CT molecular complexity index is 618. The van der Waals surface area contributed by atoms with Crippen molar-refractivity contribution in [2.45, 2.75) is 26.4 Å².